The Hall–Kier alpha value is -1.94. The number of hydrogen-bond donors (Lipinski definition) is 3. The Morgan fingerprint density at radius 3 is 0.694 bits per heavy atom. The van der Waals surface area contributed by atoms with E-state index >= 15 is 0 Å². The van der Waals surface area contributed by atoms with Gasteiger partial charge in [0.1, 0.15) is 19.3 Å². The topological polar surface area (TPSA) is 237 Å². The molecule has 2 unspecified atom stereocenters. The Morgan fingerprint density at radius 1 is 0.276 bits per heavy atom. The molecule has 0 amide bonds. The van der Waals surface area contributed by atoms with Crippen LogP contribution in [0.1, 0.15) is 420 Å². The normalized spacial score (nSPS) is 13.9. The van der Waals surface area contributed by atoms with E-state index in [0.29, 0.717) is 25.7 Å². The summed E-state index contributed by atoms with van der Waals surface area (Å²) < 4.78 is 68.4. The zero-order chi connectivity index (χ0) is 71.9. The highest BCUT2D eigenvalue weighted by Crippen LogP contribution is 2.45. The molecule has 0 saturated carbocycles. The van der Waals surface area contributed by atoms with Crippen molar-refractivity contribution in [3.8, 4) is 0 Å². The van der Waals surface area contributed by atoms with Gasteiger partial charge in [-0.05, 0) is 31.6 Å². The van der Waals surface area contributed by atoms with Crippen LogP contribution in [0, 0.1) is 5.92 Å². The molecule has 0 aliphatic heterocycles. The fraction of sp³-hybridized carbons (Fsp3) is 0.949. The lowest BCUT2D eigenvalue weighted by atomic mass is 10.0. The van der Waals surface area contributed by atoms with Crippen molar-refractivity contribution in [1.29, 1.82) is 0 Å². The molecule has 0 rings (SSSR count). The Labute approximate surface area is 600 Å². The van der Waals surface area contributed by atoms with Crippen LogP contribution in [0.25, 0.3) is 0 Å². The van der Waals surface area contributed by atoms with E-state index in [1.54, 1.807) is 0 Å². The quantitative estimate of drug-likeness (QED) is 0.0222. The van der Waals surface area contributed by atoms with Gasteiger partial charge in [0.15, 0.2) is 12.2 Å². The first-order valence-electron chi connectivity index (χ1n) is 41.1. The molecule has 0 aliphatic carbocycles. The van der Waals surface area contributed by atoms with Gasteiger partial charge in [0.05, 0.1) is 26.4 Å². The summed E-state index contributed by atoms with van der Waals surface area (Å²) in [6.07, 6.45) is 62.9. The maximum Gasteiger partial charge on any atom is 0.472 e. The average molecular weight is 1440 g/mol. The number of unbranched alkanes of at least 4 members (excludes halogenated alkanes) is 51. The second-order valence-corrected chi connectivity index (χ2v) is 31.8. The number of ether oxygens (including phenoxy) is 4. The van der Waals surface area contributed by atoms with Crippen LogP contribution in [0.2, 0.25) is 0 Å². The van der Waals surface area contributed by atoms with Crippen molar-refractivity contribution >= 4 is 39.5 Å². The summed E-state index contributed by atoms with van der Waals surface area (Å²) in [4.78, 5) is 72.7. The van der Waals surface area contributed by atoms with E-state index in [9.17, 15) is 43.2 Å². The zero-order valence-corrected chi connectivity index (χ0v) is 65.7. The molecule has 0 saturated heterocycles. The maximum absolute atomic E-state index is 13.1. The zero-order valence-electron chi connectivity index (χ0n) is 63.9. The molecule has 0 radical (unpaired) electrons. The predicted octanol–water partition coefficient (Wildman–Crippen LogP) is 23.6. The molecular formula is C79H154O17P2. The molecule has 0 fully saturated rings. The number of aliphatic hydroxyl groups is 1. The van der Waals surface area contributed by atoms with Crippen molar-refractivity contribution in [1.82, 2.24) is 0 Å². The molecule has 0 aromatic heterocycles. The fourth-order valence-electron chi connectivity index (χ4n) is 12.2. The molecule has 17 nitrogen and oxygen atoms in total. The first-order chi connectivity index (χ1) is 47.5. The minimum Gasteiger partial charge on any atom is -0.462 e. The number of phosphoric ester groups is 2. The maximum atomic E-state index is 13.1. The van der Waals surface area contributed by atoms with Crippen LogP contribution in [0.15, 0.2) is 0 Å². The average Bonchev–Trinajstić information content (AvgIpc) is 0.989. The van der Waals surface area contributed by atoms with Crippen LogP contribution in [0.3, 0.4) is 0 Å². The van der Waals surface area contributed by atoms with Gasteiger partial charge < -0.3 is 33.8 Å². The van der Waals surface area contributed by atoms with Crippen molar-refractivity contribution in [3.63, 3.8) is 0 Å². The summed E-state index contributed by atoms with van der Waals surface area (Å²) in [5.74, 6) is -1.33. The van der Waals surface area contributed by atoms with Crippen molar-refractivity contribution in [2.45, 2.75) is 438 Å². The van der Waals surface area contributed by atoms with Crippen molar-refractivity contribution < 1.29 is 80.2 Å². The molecule has 98 heavy (non-hydrogen) atoms. The summed E-state index contributed by atoms with van der Waals surface area (Å²) in [6, 6.07) is 0. The fourth-order valence-corrected chi connectivity index (χ4v) is 13.8. The molecule has 0 aromatic carbocycles. The minimum atomic E-state index is -4.96. The second-order valence-electron chi connectivity index (χ2n) is 28.9. The molecule has 0 heterocycles. The molecule has 0 spiro atoms. The third-order valence-electron chi connectivity index (χ3n) is 18.5. The van der Waals surface area contributed by atoms with Crippen molar-refractivity contribution in [2.75, 3.05) is 39.6 Å². The van der Waals surface area contributed by atoms with E-state index in [4.69, 9.17) is 37.0 Å². The van der Waals surface area contributed by atoms with Gasteiger partial charge in [0, 0.05) is 25.7 Å². The van der Waals surface area contributed by atoms with Gasteiger partial charge in [0.2, 0.25) is 0 Å². The van der Waals surface area contributed by atoms with Crippen LogP contribution < -0.4 is 0 Å². The number of rotatable bonds is 79. The van der Waals surface area contributed by atoms with E-state index in [2.05, 4.69) is 34.6 Å². The van der Waals surface area contributed by atoms with Gasteiger partial charge in [-0.1, -0.05) is 369 Å². The highest BCUT2D eigenvalue weighted by atomic mass is 31.2. The van der Waals surface area contributed by atoms with E-state index < -0.39 is 97.5 Å². The Morgan fingerprint density at radius 2 is 0.469 bits per heavy atom. The highest BCUT2D eigenvalue weighted by Gasteiger charge is 2.30. The predicted molar refractivity (Wildman–Crippen MR) is 400 cm³/mol. The van der Waals surface area contributed by atoms with Crippen molar-refractivity contribution in [2.24, 2.45) is 5.92 Å². The number of esters is 4. The summed E-state index contributed by atoms with van der Waals surface area (Å²) in [5.41, 5.74) is 0. The van der Waals surface area contributed by atoms with E-state index in [1.165, 1.54) is 238 Å². The number of carbonyl (C=O) groups is 4. The molecule has 0 aliphatic rings. The van der Waals surface area contributed by atoms with Gasteiger partial charge in [-0.25, -0.2) is 9.13 Å². The largest absolute Gasteiger partial charge is 0.472 e. The van der Waals surface area contributed by atoms with Crippen LogP contribution in [-0.2, 0) is 65.4 Å². The lowest BCUT2D eigenvalue weighted by Gasteiger charge is -2.21. The molecule has 3 N–H and O–H groups in total. The highest BCUT2D eigenvalue weighted by molar-refractivity contribution is 7.47. The molecule has 5 atom stereocenters. The van der Waals surface area contributed by atoms with Crippen molar-refractivity contribution in [3.05, 3.63) is 0 Å². The Balaban J connectivity index is 5.12. The third-order valence-corrected chi connectivity index (χ3v) is 20.4. The summed E-state index contributed by atoms with van der Waals surface area (Å²) in [7, 11) is -9.91. The van der Waals surface area contributed by atoms with Gasteiger partial charge in [-0.15, -0.1) is 0 Å². The summed E-state index contributed by atoms with van der Waals surface area (Å²) >= 11 is 0. The lowest BCUT2D eigenvalue weighted by molar-refractivity contribution is -0.161. The van der Waals surface area contributed by atoms with E-state index in [0.717, 1.165) is 102 Å². The third kappa shape index (κ3) is 72.4. The summed E-state index contributed by atoms with van der Waals surface area (Å²) in [5, 5.41) is 10.6. The van der Waals surface area contributed by atoms with Gasteiger partial charge in [-0.2, -0.15) is 0 Å². The van der Waals surface area contributed by atoms with E-state index in [1.807, 2.05) is 0 Å². The second kappa shape index (κ2) is 72.0. The molecular weight excluding hydrogens is 1280 g/mol. The Kier molecular flexibility index (Phi) is 70.6. The van der Waals surface area contributed by atoms with Gasteiger partial charge >= 0.3 is 39.5 Å². The monoisotopic (exact) mass is 1440 g/mol. The molecule has 0 bridgehead atoms. The Bertz CT molecular complexity index is 1870. The number of aliphatic hydroxyl groups excluding tert-OH is 1. The SMILES string of the molecule is CCCCCCCCCCCCCCCCCCCCCCC(=O)O[C@H](COC(=O)CCCCCCCCCCCCCCCCCCC)COP(=O)(O)OC[C@@H](O)COP(=O)(O)OC[C@@H](COC(=O)CCCCCCC)OC(=O)CCCCCCCCCCCCCCCC(C)C. The van der Waals surface area contributed by atoms with Crippen LogP contribution in [-0.4, -0.2) is 96.7 Å². The van der Waals surface area contributed by atoms with Gasteiger partial charge in [0.25, 0.3) is 0 Å². The minimum absolute atomic E-state index is 0.107. The number of hydrogen-bond acceptors (Lipinski definition) is 15. The van der Waals surface area contributed by atoms with Crippen LogP contribution in [0.5, 0.6) is 0 Å². The summed E-state index contributed by atoms with van der Waals surface area (Å²) in [6.45, 7) is 7.24. The molecule has 0 aromatic rings. The standard InChI is InChI=1S/C79H154O17P2/c1-6-9-12-15-17-19-21-23-25-27-28-29-31-33-37-41-45-49-54-59-65-79(84)96-75(69-90-77(82)63-58-53-48-44-40-36-32-30-26-24-22-20-18-16-13-10-7-2)71-94-98(87,88)92-67-73(80)66-91-97(85,86)93-70-74(68-89-76(81)62-57-51-14-11-8-3)95-78(83)64-60-55-50-46-42-38-34-35-39-43-47-52-56-61-72(4)5/h72-75,80H,6-71H2,1-5H3,(H,85,86)(H,87,88)/t73-,74+,75+/m0/s1. The van der Waals surface area contributed by atoms with Gasteiger partial charge in [-0.3, -0.25) is 37.3 Å². The van der Waals surface area contributed by atoms with E-state index in [-0.39, 0.29) is 25.7 Å². The first-order valence-corrected chi connectivity index (χ1v) is 44.1. The van der Waals surface area contributed by atoms with Crippen LogP contribution >= 0.6 is 15.6 Å². The number of carbonyl (C=O) groups excluding carboxylic acids is 4. The first kappa shape index (κ1) is 96.1. The van der Waals surface area contributed by atoms with Crippen LogP contribution in [0.4, 0.5) is 0 Å². The molecule has 582 valence electrons. The lowest BCUT2D eigenvalue weighted by Crippen LogP contribution is -2.30. The smallest absolute Gasteiger partial charge is 0.462 e. The number of phosphoric acid groups is 2. The molecule has 19 heteroatoms.